The van der Waals surface area contributed by atoms with Gasteiger partial charge in [0.1, 0.15) is 12.4 Å². The minimum atomic E-state index is -0.444. The van der Waals surface area contributed by atoms with Crippen LogP contribution in [0.2, 0.25) is 0 Å². The highest BCUT2D eigenvalue weighted by Gasteiger charge is 2.15. The van der Waals surface area contributed by atoms with Crippen molar-refractivity contribution in [1.82, 2.24) is 0 Å². The Morgan fingerprint density at radius 2 is 1.55 bits per heavy atom. The Hall–Kier alpha value is -1.80. The lowest BCUT2D eigenvalue weighted by molar-refractivity contribution is 0.0930. The number of hydrogen-bond donors (Lipinski definition) is 1. The summed E-state index contributed by atoms with van der Waals surface area (Å²) < 4.78 is 5.60. The lowest BCUT2D eigenvalue weighted by atomic mass is 9.91. The molecule has 106 valence electrons. The van der Waals surface area contributed by atoms with Crippen molar-refractivity contribution < 1.29 is 9.84 Å². The molecule has 0 spiro atoms. The van der Waals surface area contributed by atoms with Crippen molar-refractivity contribution in [2.75, 3.05) is 6.61 Å². The average Bonchev–Trinajstić information content (AvgIpc) is 2.52. The van der Waals surface area contributed by atoms with Crippen LogP contribution in [0, 0.1) is 0 Å². The van der Waals surface area contributed by atoms with Crippen LogP contribution < -0.4 is 4.74 Å². The first-order chi connectivity index (χ1) is 9.79. The molecule has 2 aromatic rings. The van der Waals surface area contributed by atoms with Gasteiger partial charge >= 0.3 is 0 Å². The van der Waals surface area contributed by atoms with E-state index in [0.29, 0.717) is 12.5 Å². The zero-order valence-corrected chi connectivity index (χ0v) is 11.9. The normalized spacial score (nSPS) is 13.7. The summed E-state index contributed by atoms with van der Waals surface area (Å²) in [6.07, 6.45) is 1.31. The van der Waals surface area contributed by atoms with Crippen molar-refractivity contribution in [3.8, 4) is 5.75 Å². The predicted octanol–water partition coefficient (Wildman–Crippen LogP) is 4.01. The van der Waals surface area contributed by atoms with Crippen molar-refractivity contribution in [2.24, 2.45) is 0 Å². The van der Waals surface area contributed by atoms with E-state index in [-0.39, 0.29) is 0 Å². The van der Waals surface area contributed by atoms with E-state index < -0.39 is 6.10 Å². The van der Waals surface area contributed by atoms with E-state index in [4.69, 9.17) is 4.74 Å². The quantitative estimate of drug-likeness (QED) is 0.823. The minimum Gasteiger partial charge on any atom is -0.491 e. The molecule has 0 amide bonds. The maximum atomic E-state index is 10.1. The molecule has 0 saturated carbocycles. The molecule has 0 saturated heterocycles. The molecule has 0 aliphatic heterocycles. The van der Waals surface area contributed by atoms with Crippen LogP contribution in [-0.2, 0) is 0 Å². The lowest BCUT2D eigenvalue weighted by Crippen LogP contribution is -2.20. The second-order valence-corrected chi connectivity index (χ2v) is 5.03. The molecule has 1 N–H and O–H groups in total. The number of hydrogen-bond acceptors (Lipinski definition) is 2. The molecule has 2 aromatic carbocycles. The van der Waals surface area contributed by atoms with Crippen LogP contribution >= 0.6 is 0 Å². The third-order valence-corrected chi connectivity index (χ3v) is 3.51. The molecule has 0 aromatic heterocycles. The number of aliphatic hydroxyl groups excluding tert-OH is 1. The smallest absolute Gasteiger partial charge is 0.119 e. The summed E-state index contributed by atoms with van der Waals surface area (Å²) in [7, 11) is 0. The highest BCUT2D eigenvalue weighted by atomic mass is 16.5. The van der Waals surface area contributed by atoms with Gasteiger partial charge in [0.15, 0.2) is 0 Å². The fourth-order valence-corrected chi connectivity index (χ4v) is 2.37. The van der Waals surface area contributed by atoms with Crippen LogP contribution in [0.3, 0.4) is 0 Å². The van der Waals surface area contributed by atoms with Crippen LogP contribution in [0.4, 0.5) is 0 Å². The number of para-hydroxylation sites is 1. The zero-order valence-electron chi connectivity index (χ0n) is 11.9. The maximum Gasteiger partial charge on any atom is 0.119 e. The Morgan fingerprint density at radius 1 is 0.950 bits per heavy atom. The van der Waals surface area contributed by atoms with Crippen LogP contribution in [0.15, 0.2) is 60.7 Å². The van der Waals surface area contributed by atoms with Crippen LogP contribution in [0.1, 0.15) is 31.2 Å². The van der Waals surface area contributed by atoms with Gasteiger partial charge in [0.2, 0.25) is 0 Å². The van der Waals surface area contributed by atoms with Gasteiger partial charge in [0, 0.05) is 0 Å². The van der Waals surface area contributed by atoms with Gasteiger partial charge < -0.3 is 9.84 Å². The highest BCUT2D eigenvalue weighted by Crippen LogP contribution is 2.24. The first kappa shape index (κ1) is 14.6. The standard InChI is InChI=1S/C18H22O2/c1-2-15(16-9-5-3-6-10-16)13-17(19)14-20-18-11-7-4-8-12-18/h3-12,15,17,19H,2,13-14H2,1H3. The molecule has 0 aliphatic carbocycles. The fraction of sp³-hybridized carbons (Fsp3) is 0.333. The van der Waals surface area contributed by atoms with Gasteiger partial charge in [-0.15, -0.1) is 0 Å². The van der Waals surface area contributed by atoms with E-state index in [9.17, 15) is 5.11 Å². The molecular formula is C18H22O2. The summed E-state index contributed by atoms with van der Waals surface area (Å²) in [5.74, 6) is 1.19. The van der Waals surface area contributed by atoms with Gasteiger partial charge in [-0.05, 0) is 36.5 Å². The number of rotatable bonds is 7. The van der Waals surface area contributed by atoms with Gasteiger partial charge in [-0.2, -0.15) is 0 Å². The Morgan fingerprint density at radius 3 is 2.15 bits per heavy atom. The summed E-state index contributed by atoms with van der Waals surface area (Å²) in [4.78, 5) is 0. The Bertz CT molecular complexity index is 481. The zero-order chi connectivity index (χ0) is 14.2. The molecule has 0 aliphatic rings. The van der Waals surface area contributed by atoms with E-state index in [1.54, 1.807) is 0 Å². The molecule has 0 radical (unpaired) electrons. The molecule has 0 heterocycles. The SMILES string of the molecule is CCC(CC(O)COc1ccccc1)c1ccccc1. The maximum absolute atomic E-state index is 10.1. The third-order valence-electron chi connectivity index (χ3n) is 3.51. The molecule has 0 fully saturated rings. The topological polar surface area (TPSA) is 29.5 Å². The molecule has 2 nitrogen and oxygen atoms in total. The third kappa shape index (κ3) is 4.39. The Balaban J connectivity index is 1.85. The Kier molecular flexibility index (Phi) is 5.63. The number of aliphatic hydroxyl groups is 1. The van der Waals surface area contributed by atoms with Gasteiger partial charge in [-0.25, -0.2) is 0 Å². The highest BCUT2D eigenvalue weighted by molar-refractivity contribution is 5.21. The molecule has 2 unspecified atom stereocenters. The summed E-state index contributed by atoms with van der Waals surface area (Å²) in [6.45, 7) is 2.50. The molecule has 2 rings (SSSR count). The van der Waals surface area contributed by atoms with Crippen molar-refractivity contribution in [1.29, 1.82) is 0 Å². The first-order valence-corrected chi connectivity index (χ1v) is 7.20. The van der Waals surface area contributed by atoms with E-state index in [2.05, 4.69) is 19.1 Å². The van der Waals surface area contributed by atoms with Crippen molar-refractivity contribution >= 4 is 0 Å². The first-order valence-electron chi connectivity index (χ1n) is 7.20. The van der Waals surface area contributed by atoms with Crippen molar-refractivity contribution in [3.63, 3.8) is 0 Å². The fourth-order valence-electron chi connectivity index (χ4n) is 2.37. The summed E-state index contributed by atoms with van der Waals surface area (Å²) in [6, 6.07) is 20.0. The van der Waals surface area contributed by atoms with Crippen LogP contribution in [0.25, 0.3) is 0 Å². The largest absolute Gasteiger partial charge is 0.491 e. The molecule has 2 heteroatoms. The molecule has 2 atom stereocenters. The predicted molar refractivity (Wildman–Crippen MR) is 82.0 cm³/mol. The monoisotopic (exact) mass is 270 g/mol. The average molecular weight is 270 g/mol. The summed E-state index contributed by atoms with van der Waals surface area (Å²) in [5.41, 5.74) is 1.29. The van der Waals surface area contributed by atoms with Gasteiger partial charge in [0.05, 0.1) is 6.10 Å². The van der Waals surface area contributed by atoms with E-state index in [0.717, 1.165) is 18.6 Å². The van der Waals surface area contributed by atoms with E-state index >= 15 is 0 Å². The lowest BCUT2D eigenvalue weighted by Gasteiger charge is -2.19. The second-order valence-electron chi connectivity index (χ2n) is 5.03. The van der Waals surface area contributed by atoms with Crippen molar-refractivity contribution in [2.45, 2.75) is 31.8 Å². The summed E-state index contributed by atoms with van der Waals surface area (Å²) >= 11 is 0. The molecule has 0 bridgehead atoms. The van der Waals surface area contributed by atoms with Crippen molar-refractivity contribution in [3.05, 3.63) is 66.2 Å². The van der Waals surface area contributed by atoms with Gasteiger partial charge in [-0.1, -0.05) is 55.5 Å². The van der Waals surface area contributed by atoms with E-state index in [1.165, 1.54) is 5.56 Å². The number of ether oxygens (including phenoxy) is 1. The van der Waals surface area contributed by atoms with E-state index in [1.807, 2.05) is 48.5 Å². The van der Waals surface area contributed by atoms with Gasteiger partial charge in [-0.3, -0.25) is 0 Å². The Labute approximate surface area is 121 Å². The summed E-state index contributed by atoms with van der Waals surface area (Å²) in [5, 5.41) is 10.1. The molecule has 20 heavy (non-hydrogen) atoms. The van der Waals surface area contributed by atoms with Crippen LogP contribution in [-0.4, -0.2) is 17.8 Å². The molecular weight excluding hydrogens is 248 g/mol. The van der Waals surface area contributed by atoms with Gasteiger partial charge in [0.25, 0.3) is 0 Å². The number of benzene rings is 2. The second kappa shape index (κ2) is 7.71. The minimum absolute atomic E-state index is 0.341. The van der Waals surface area contributed by atoms with Crippen LogP contribution in [0.5, 0.6) is 5.75 Å².